The Hall–Kier alpha value is -2.27. The molecule has 0 atom stereocenters. The maximum absolute atomic E-state index is 5.45. The summed E-state index contributed by atoms with van der Waals surface area (Å²) in [5, 5.41) is 6.98. The molecule has 2 rings (SSSR count). The maximum atomic E-state index is 5.45. The van der Waals surface area contributed by atoms with Gasteiger partial charge in [-0.1, -0.05) is 25.1 Å². The zero-order chi connectivity index (χ0) is 16.8. The van der Waals surface area contributed by atoms with Crippen LogP contribution in [0.25, 0.3) is 0 Å². The Morgan fingerprint density at radius 1 is 1.09 bits per heavy atom. The van der Waals surface area contributed by atoms with Gasteiger partial charge in [-0.25, -0.2) is 0 Å². The second-order valence-electron chi connectivity index (χ2n) is 5.11. The van der Waals surface area contributed by atoms with Gasteiger partial charge in [0, 0.05) is 11.8 Å². The number of methoxy groups -OCH3 is 2. The van der Waals surface area contributed by atoms with E-state index in [1.54, 1.807) is 14.2 Å². The number of thiocarbonyl (C=S) groups is 1. The summed E-state index contributed by atoms with van der Waals surface area (Å²) in [6.45, 7) is 4.19. The third-order valence-corrected chi connectivity index (χ3v) is 3.84. The molecule has 0 amide bonds. The molecule has 0 spiro atoms. The number of ether oxygens (including phenoxy) is 2. The van der Waals surface area contributed by atoms with Crippen molar-refractivity contribution in [3.8, 4) is 11.5 Å². The van der Waals surface area contributed by atoms with Gasteiger partial charge in [-0.2, -0.15) is 0 Å². The molecule has 0 saturated carbocycles. The molecule has 0 aromatic heterocycles. The minimum Gasteiger partial charge on any atom is -0.497 e. The van der Waals surface area contributed by atoms with Crippen LogP contribution in [-0.2, 0) is 6.42 Å². The van der Waals surface area contributed by atoms with Gasteiger partial charge in [0.25, 0.3) is 0 Å². The highest BCUT2D eigenvalue weighted by Crippen LogP contribution is 2.29. The van der Waals surface area contributed by atoms with Crippen molar-refractivity contribution in [3.05, 3.63) is 47.5 Å². The Bertz CT molecular complexity index is 701. The number of para-hydroxylation sites is 1. The van der Waals surface area contributed by atoms with Gasteiger partial charge in [-0.3, -0.25) is 0 Å². The summed E-state index contributed by atoms with van der Waals surface area (Å²) in [6, 6.07) is 11.8. The van der Waals surface area contributed by atoms with E-state index in [9.17, 15) is 0 Å². The highest BCUT2D eigenvalue weighted by molar-refractivity contribution is 7.80. The van der Waals surface area contributed by atoms with Crippen molar-refractivity contribution in [1.82, 2.24) is 0 Å². The van der Waals surface area contributed by atoms with Gasteiger partial charge in [-0.15, -0.1) is 0 Å². The monoisotopic (exact) mass is 330 g/mol. The van der Waals surface area contributed by atoms with Crippen LogP contribution in [0.2, 0.25) is 0 Å². The fourth-order valence-corrected chi connectivity index (χ4v) is 2.59. The van der Waals surface area contributed by atoms with Crippen LogP contribution in [0.4, 0.5) is 11.4 Å². The highest BCUT2D eigenvalue weighted by atomic mass is 32.1. The first kappa shape index (κ1) is 17.1. The molecule has 122 valence electrons. The van der Waals surface area contributed by atoms with Crippen molar-refractivity contribution >= 4 is 28.7 Å². The van der Waals surface area contributed by atoms with Crippen LogP contribution >= 0.6 is 12.2 Å². The van der Waals surface area contributed by atoms with Gasteiger partial charge in [0.1, 0.15) is 11.5 Å². The van der Waals surface area contributed by atoms with E-state index in [2.05, 4.69) is 42.7 Å². The first-order valence-electron chi connectivity index (χ1n) is 7.47. The van der Waals surface area contributed by atoms with E-state index in [0.29, 0.717) is 10.9 Å². The molecule has 5 heteroatoms. The second-order valence-corrected chi connectivity index (χ2v) is 5.52. The molecule has 0 aliphatic rings. The Labute approximate surface area is 142 Å². The lowest BCUT2D eigenvalue weighted by Crippen LogP contribution is -2.21. The molecular weight excluding hydrogens is 308 g/mol. The Balaban J connectivity index is 2.20. The van der Waals surface area contributed by atoms with E-state index in [1.165, 1.54) is 5.56 Å². The van der Waals surface area contributed by atoms with Gasteiger partial charge in [0.05, 0.1) is 19.9 Å². The average molecular weight is 330 g/mol. The largest absolute Gasteiger partial charge is 0.497 e. The Morgan fingerprint density at radius 2 is 1.87 bits per heavy atom. The fraction of sp³-hybridized carbons (Fsp3) is 0.278. The fourth-order valence-electron chi connectivity index (χ4n) is 2.38. The van der Waals surface area contributed by atoms with Crippen molar-refractivity contribution in [2.45, 2.75) is 20.3 Å². The molecule has 0 aliphatic heterocycles. The Morgan fingerprint density at radius 3 is 2.52 bits per heavy atom. The van der Waals surface area contributed by atoms with E-state index in [4.69, 9.17) is 21.7 Å². The molecule has 2 aromatic rings. The molecule has 0 aliphatic carbocycles. The SMILES string of the molecule is CCc1cccc(C)c1NC(=S)Nc1cc(OC)ccc1OC. The third-order valence-electron chi connectivity index (χ3n) is 3.63. The summed E-state index contributed by atoms with van der Waals surface area (Å²) in [4.78, 5) is 0. The number of rotatable bonds is 5. The molecule has 0 bridgehead atoms. The first-order chi connectivity index (χ1) is 11.1. The predicted octanol–water partition coefficient (Wildman–Crippen LogP) is 4.38. The summed E-state index contributed by atoms with van der Waals surface area (Å²) >= 11 is 5.45. The van der Waals surface area contributed by atoms with Crippen LogP contribution in [0.15, 0.2) is 36.4 Å². The van der Waals surface area contributed by atoms with Gasteiger partial charge in [0.2, 0.25) is 0 Å². The number of aryl methyl sites for hydroxylation is 2. The zero-order valence-corrected chi connectivity index (χ0v) is 14.7. The van der Waals surface area contributed by atoms with E-state index < -0.39 is 0 Å². The van der Waals surface area contributed by atoms with Crippen LogP contribution in [0.1, 0.15) is 18.1 Å². The summed E-state index contributed by atoms with van der Waals surface area (Å²) in [5.41, 5.74) is 4.20. The van der Waals surface area contributed by atoms with Gasteiger partial charge >= 0.3 is 0 Å². The van der Waals surface area contributed by atoms with E-state index >= 15 is 0 Å². The van der Waals surface area contributed by atoms with Crippen molar-refractivity contribution < 1.29 is 9.47 Å². The molecule has 2 N–H and O–H groups in total. The smallest absolute Gasteiger partial charge is 0.175 e. The molecule has 0 unspecified atom stereocenters. The molecule has 0 saturated heterocycles. The number of nitrogens with one attached hydrogen (secondary N) is 2. The topological polar surface area (TPSA) is 42.5 Å². The zero-order valence-electron chi connectivity index (χ0n) is 13.9. The summed E-state index contributed by atoms with van der Waals surface area (Å²) < 4.78 is 10.6. The molecule has 0 heterocycles. The van der Waals surface area contributed by atoms with Crippen LogP contribution in [0.3, 0.4) is 0 Å². The quantitative estimate of drug-likeness (QED) is 0.796. The average Bonchev–Trinajstić information content (AvgIpc) is 2.56. The lowest BCUT2D eigenvalue weighted by atomic mass is 10.1. The second kappa shape index (κ2) is 7.83. The lowest BCUT2D eigenvalue weighted by Gasteiger charge is -2.17. The summed E-state index contributed by atoms with van der Waals surface area (Å²) in [5.74, 6) is 1.44. The van der Waals surface area contributed by atoms with Crippen LogP contribution in [0.5, 0.6) is 11.5 Å². The standard InChI is InChI=1S/C18H22N2O2S/c1-5-13-8-6-7-12(2)17(13)20-18(23)19-15-11-14(21-3)9-10-16(15)22-4/h6-11H,5H2,1-4H3,(H2,19,20,23). The third kappa shape index (κ3) is 4.13. The van der Waals surface area contributed by atoms with Gasteiger partial charge in [-0.05, 0) is 48.8 Å². The van der Waals surface area contributed by atoms with Gasteiger partial charge in [0.15, 0.2) is 5.11 Å². The number of hydrogen-bond acceptors (Lipinski definition) is 3. The number of benzene rings is 2. The number of hydrogen-bond donors (Lipinski definition) is 2. The van der Waals surface area contributed by atoms with E-state index in [-0.39, 0.29) is 0 Å². The van der Waals surface area contributed by atoms with Crippen LogP contribution < -0.4 is 20.1 Å². The minimum absolute atomic E-state index is 0.514. The molecule has 2 aromatic carbocycles. The van der Waals surface area contributed by atoms with E-state index in [1.807, 2.05) is 18.2 Å². The highest BCUT2D eigenvalue weighted by Gasteiger charge is 2.09. The maximum Gasteiger partial charge on any atom is 0.175 e. The van der Waals surface area contributed by atoms with Crippen molar-refractivity contribution in [2.24, 2.45) is 0 Å². The predicted molar refractivity (Wildman–Crippen MR) is 99.9 cm³/mol. The normalized spacial score (nSPS) is 10.1. The molecule has 0 fully saturated rings. The lowest BCUT2D eigenvalue weighted by molar-refractivity contribution is 0.405. The Kier molecular flexibility index (Phi) is 5.82. The van der Waals surface area contributed by atoms with Gasteiger partial charge < -0.3 is 20.1 Å². The molecule has 4 nitrogen and oxygen atoms in total. The molecule has 0 radical (unpaired) electrons. The summed E-state index contributed by atoms with van der Waals surface area (Å²) in [7, 11) is 3.25. The molecule has 23 heavy (non-hydrogen) atoms. The molecular formula is C18H22N2O2S. The van der Waals surface area contributed by atoms with Crippen LogP contribution in [0, 0.1) is 6.92 Å². The minimum atomic E-state index is 0.514. The van der Waals surface area contributed by atoms with Crippen molar-refractivity contribution in [1.29, 1.82) is 0 Å². The van der Waals surface area contributed by atoms with Crippen LogP contribution in [-0.4, -0.2) is 19.3 Å². The van der Waals surface area contributed by atoms with E-state index in [0.717, 1.165) is 29.1 Å². The summed E-state index contributed by atoms with van der Waals surface area (Å²) in [6.07, 6.45) is 0.940. The first-order valence-corrected chi connectivity index (χ1v) is 7.88. The number of anilines is 2. The van der Waals surface area contributed by atoms with Crippen molar-refractivity contribution in [3.63, 3.8) is 0 Å². The van der Waals surface area contributed by atoms with Crippen molar-refractivity contribution in [2.75, 3.05) is 24.9 Å².